The summed E-state index contributed by atoms with van der Waals surface area (Å²) in [5, 5.41) is 2.17. The summed E-state index contributed by atoms with van der Waals surface area (Å²) >= 11 is 5.07. The molecule has 0 saturated carbocycles. The Morgan fingerprint density at radius 1 is 1.45 bits per heavy atom. The molecule has 0 heterocycles. The third kappa shape index (κ3) is 5.47. The number of carbonyl (C=O) groups is 2. The first-order valence-electron chi connectivity index (χ1n) is 2.76. The van der Waals surface area contributed by atoms with E-state index in [-0.39, 0.29) is 5.88 Å². The van der Waals surface area contributed by atoms with Crippen LogP contribution in [0.2, 0.25) is 0 Å². The molecular weight excluding hydrogens is 174 g/mol. The molecule has 64 valence electrons. The Balaban J connectivity index is 3.27. The number of amides is 1. The van der Waals surface area contributed by atoms with E-state index in [2.05, 4.69) is 14.8 Å². The third-order valence-electron chi connectivity index (χ3n) is 0.723. The van der Waals surface area contributed by atoms with Gasteiger partial charge in [0.1, 0.15) is 5.88 Å². The maximum atomic E-state index is 10.3. The molecule has 0 radical (unpaired) electrons. The Kier molecular flexibility index (Phi) is 5.28. The molecule has 5 nitrogen and oxygen atoms in total. The van der Waals surface area contributed by atoms with Gasteiger partial charge in [-0.25, -0.2) is 4.79 Å². The fourth-order valence-electron chi connectivity index (χ4n) is 0.259. The zero-order valence-corrected chi connectivity index (χ0v) is 6.68. The molecule has 0 aliphatic rings. The Bertz CT molecular complexity index is 133. The van der Waals surface area contributed by atoms with E-state index >= 15 is 0 Å². The molecule has 0 bridgehead atoms. The van der Waals surface area contributed by atoms with E-state index in [1.807, 2.05) is 0 Å². The summed E-state index contributed by atoms with van der Waals surface area (Å²) in [5.74, 6) is -0.882. The highest BCUT2D eigenvalue weighted by Gasteiger charge is 2.01. The van der Waals surface area contributed by atoms with E-state index < -0.39 is 18.9 Å². The molecule has 0 aromatic heterocycles. The second-order valence-corrected chi connectivity index (χ2v) is 1.72. The van der Waals surface area contributed by atoms with E-state index in [4.69, 9.17) is 11.6 Å². The fraction of sp³-hybridized carbons (Fsp3) is 0.600. The van der Waals surface area contributed by atoms with Crippen molar-refractivity contribution in [1.29, 1.82) is 0 Å². The van der Waals surface area contributed by atoms with Gasteiger partial charge >= 0.3 is 12.1 Å². The largest absolute Gasteiger partial charge is 0.427 e. The second-order valence-electron chi connectivity index (χ2n) is 1.45. The highest BCUT2D eigenvalue weighted by Crippen LogP contribution is 1.84. The van der Waals surface area contributed by atoms with Gasteiger partial charge < -0.3 is 14.8 Å². The average molecular weight is 182 g/mol. The van der Waals surface area contributed by atoms with Crippen molar-refractivity contribution in [2.45, 2.75) is 0 Å². The van der Waals surface area contributed by atoms with Crippen LogP contribution in [0.25, 0.3) is 0 Å². The fourth-order valence-corrected chi connectivity index (χ4v) is 0.337. The zero-order valence-electron chi connectivity index (χ0n) is 5.93. The van der Waals surface area contributed by atoms with E-state index in [1.54, 1.807) is 0 Å². The number of carbonyl (C=O) groups excluding carboxylic acids is 2. The van der Waals surface area contributed by atoms with Gasteiger partial charge in [0.15, 0.2) is 0 Å². The number of ether oxygens (including phenoxy) is 2. The molecule has 0 atom stereocenters. The molecule has 0 fully saturated rings. The summed E-state index contributed by atoms with van der Waals surface area (Å²) in [6.07, 6.45) is -0.660. The van der Waals surface area contributed by atoms with Crippen molar-refractivity contribution in [1.82, 2.24) is 5.32 Å². The van der Waals surface area contributed by atoms with Crippen LogP contribution in [0, 0.1) is 0 Å². The van der Waals surface area contributed by atoms with Gasteiger partial charge in [-0.05, 0) is 0 Å². The maximum absolute atomic E-state index is 10.3. The van der Waals surface area contributed by atoms with Gasteiger partial charge in [-0.2, -0.15) is 0 Å². The van der Waals surface area contributed by atoms with Crippen LogP contribution >= 0.6 is 11.6 Å². The molecule has 6 heteroatoms. The van der Waals surface area contributed by atoms with Crippen LogP contribution < -0.4 is 5.32 Å². The lowest BCUT2D eigenvalue weighted by Crippen LogP contribution is -2.21. The minimum atomic E-state index is -0.660. The Morgan fingerprint density at radius 3 is 2.55 bits per heavy atom. The summed E-state index contributed by atoms with van der Waals surface area (Å²) in [6.45, 7) is -0.411. The minimum Gasteiger partial charge on any atom is -0.427 e. The lowest BCUT2D eigenvalue weighted by atomic mass is 10.8. The SMILES string of the molecule is CNC(=O)OCOC(=O)CCl. The minimum absolute atomic E-state index is 0.253. The number of hydrogen-bond donors (Lipinski definition) is 1. The number of alkyl halides is 1. The predicted octanol–water partition coefficient (Wildman–Crippen LogP) is 0.0819. The van der Waals surface area contributed by atoms with E-state index in [0.29, 0.717) is 0 Å². The van der Waals surface area contributed by atoms with Crippen molar-refractivity contribution in [2.24, 2.45) is 0 Å². The molecule has 0 rings (SSSR count). The van der Waals surface area contributed by atoms with Gasteiger partial charge in [-0.1, -0.05) is 0 Å². The maximum Gasteiger partial charge on any atom is 0.409 e. The number of alkyl carbamates (subject to hydrolysis) is 1. The standard InChI is InChI=1S/C5H8ClNO4/c1-7-5(9)11-3-10-4(8)2-6/h2-3H2,1H3,(H,7,9). The summed E-state index contributed by atoms with van der Waals surface area (Å²) in [7, 11) is 1.39. The van der Waals surface area contributed by atoms with Crippen molar-refractivity contribution in [3.63, 3.8) is 0 Å². The first-order valence-corrected chi connectivity index (χ1v) is 3.30. The lowest BCUT2D eigenvalue weighted by molar-refractivity contribution is -0.148. The zero-order chi connectivity index (χ0) is 8.69. The Hall–Kier alpha value is -0.970. The van der Waals surface area contributed by atoms with Crippen LogP contribution in [-0.2, 0) is 14.3 Å². The van der Waals surface area contributed by atoms with Crippen LogP contribution in [0.5, 0.6) is 0 Å². The van der Waals surface area contributed by atoms with Crippen LogP contribution in [0.4, 0.5) is 4.79 Å². The number of nitrogens with one attached hydrogen (secondary N) is 1. The Labute approximate surface area is 68.6 Å². The summed E-state index contributed by atoms with van der Waals surface area (Å²) < 4.78 is 8.62. The number of hydrogen-bond acceptors (Lipinski definition) is 4. The number of rotatable bonds is 3. The predicted molar refractivity (Wildman–Crippen MR) is 37.2 cm³/mol. The number of halogens is 1. The molecule has 1 amide bonds. The molecular formula is C5H8ClNO4. The monoisotopic (exact) mass is 181 g/mol. The molecule has 0 spiro atoms. The van der Waals surface area contributed by atoms with Gasteiger partial charge in [-0.15, -0.1) is 11.6 Å². The van der Waals surface area contributed by atoms with Crippen LogP contribution in [0.3, 0.4) is 0 Å². The van der Waals surface area contributed by atoms with E-state index in [1.165, 1.54) is 7.05 Å². The smallest absolute Gasteiger partial charge is 0.409 e. The molecule has 0 aliphatic carbocycles. The van der Waals surface area contributed by atoms with E-state index in [9.17, 15) is 9.59 Å². The van der Waals surface area contributed by atoms with Gasteiger partial charge in [0, 0.05) is 7.05 Å². The lowest BCUT2D eigenvalue weighted by Gasteiger charge is -2.02. The molecule has 0 unspecified atom stereocenters. The van der Waals surface area contributed by atoms with Gasteiger partial charge in [0.2, 0.25) is 6.79 Å². The highest BCUT2D eigenvalue weighted by molar-refractivity contribution is 6.26. The first kappa shape index (κ1) is 10.0. The molecule has 11 heavy (non-hydrogen) atoms. The molecule has 0 saturated heterocycles. The summed E-state index contributed by atoms with van der Waals surface area (Å²) in [4.78, 5) is 20.6. The van der Waals surface area contributed by atoms with Crippen molar-refractivity contribution in [3.8, 4) is 0 Å². The first-order chi connectivity index (χ1) is 5.20. The molecule has 0 aromatic rings. The van der Waals surface area contributed by atoms with E-state index in [0.717, 1.165) is 0 Å². The van der Waals surface area contributed by atoms with Crippen molar-refractivity contribution >= 4 is 23.7 Å². The summed E-state index contributed by atoms with van der Waals surface area (Å²) in [6, 6.07) is 0. The summed E-state index contributed by atoms with van der Waals surface area (Å²) in [5.41, 5.74) is 0. The van der Waals surface area contributed by atoms with Gasteiger partial charge in [0.05, 0.1) is 0 Å². The Morgan fingerprint density at radius 2 is 2.09 bits per heavy atom. The molecule has 0 aromatic carbocycles. The van der Waals surface area contributed by atoms with Crippen molar-refractivity contribution < 1.29 is 19.1 Å². The quantitative estimate of drug-likeness (QED) is 0.381. The normalized spacial score (nSPS) is 8.55. The van der Waals surface area contributed by atoms with Gasteiger partial charge in [0.25, 0.3) is 0 Å². The van der Waals surface area contributed by atoms with Crippen molar-refractivity contribution in [3.05, 3.63) is 0 Å². The third-order valence-corrected chi connectivity index (χ3v) is 0.941. The average Bonchev–Trinajstić information content (AvgIpc) is 2.04. The second kappa shape index (κ2) is 5.79. The topological polar surface area (TPSA) is 64.6 Å². The highest BCUT2D eigenvalue weighted by atomic mass is 35.5. The van der Waals surface area contributed by atoms with Crippen LogP contribution in [0.15, 0.2) is 0 Å². The van der Waals surface area contributed by atoms with Gasteiger partial charge in [-0.3, -0.25) is 4.79 Å². The van der Waals surface area contributed by atoms with Crippen LogP contribution in [-0.4, -0.2) is 31.8 Å². The van der Waals surface area contributed by atoms with Crippen molar-refractivity contribution in [2.75, 3.05) is 19.7 Å². The molecule has 0 aliphatic heterocycles. The number of esters is 1. The van der Waals surface area contributed by atoms with Crippen LogP contribution in [0.1, 0.15) is 0 Å². The molecule has 1 N–H and O–H groups in total.